The van der Waals surface area contributed by atoms with E-state index in [1.165, 1.54) is 0 Å². The minimum absolute atomic E-state index is 0.382. The van der Waals surface area contributed by atoms with Crippen LogP contribution < -0.4 is 0 Å². The van der Waals surface area contributed by atoms with Crippen molar-refractivity contribution in [3.8, 4) is 0 Å². The fraction of sp³-hybridized carbons (Fsp3) is 0.714. The second kappa shape index (κ2) is 13.0. The van der Waals surface area contributed by atoms with Crippen molar-refractivity contribution in [3.05, 3.63) is 0 Å². The van der Waals surface area contributed by atoms with E-state index in [9.17, 15) is 28.8 Å². The van der Waals surface area contributed by atoms with Crippen molar-refractivity contribution in [1.29, 1.82) is 0 Å². The van der Waals surface area contributed by atoms with Crippen LogP contribution in [0.1, 0.15) is 41.0 Å². The average molecular weight is 506 g/mol. The van der Waals surface area contributed by atoms with Crippen LogP contribution in [0.2, 0.25) is 0 Å². The minimum atomic E-state index is -2.08. The molecule has 1 rings (SSSR count). The molecule has 2 unspecified atom stereocenters. The summed E-state index contributed by atoms with van der Waals surface area (Å²) in [6.07, 6.45) is -7.90. The van der Waals surface area contributed by atoms with Crippen LogP contribution in [0, 0.1) is 0 Å². The van der Waals surface area contributed by atoms with Crippen LogP contribution >= 0.6 is 0 Å². The van der Waals surface area contributed by atoms with Gasteiger partial charge in [-0.1, -0.05) is 0 Å². The maximum Gasteiger partial charge on any atom is 0.366 e. The van der Waals surface area contributed by atoms with Gasteiger partial charge in [-0.3, -0.25) is 24.0 Å². The van der Waals surface area contributed by atoms with Crippen LogP contribution in [0.5, 0.6) is 0 Å². The van der Waals surface area contributed by atoms with Gasteiger partial charge in [0.25, 0.3) is 5.79 Å². The number of rotatable bonds is 11. The van der Waals surface area contributed by atoms with Crippen LogP contribution in [0.3, 0.4) is 0 Å². The Kier molecular flexibility index (Phi) is 11.1. The number of esters is 6. The quantitative estimate of drug-likeness (QED) is 0.261. The summed E-state index contributed by atoms with van der Waals surface area (Å²) in [7, 11) is 2.21. The van der Waals surface area contributed by atoms with Crippen LogP contribution in [-0.2, 0) is 66.7 Å². The van der Waals surface area contributed by atoms with Crippen molar-refractivity contribution in [2.24, 2.45) is 0 Å². The van der Waals surface area contributed by atoms with E-state index in [2.05, 4.69) is 0 Å². The molecule has 0 saturated carbocycles. The Bertz CT molecular complexity index is 823. The third-order valence-electron chi connectivity index (χ3n) is 4.69. The molecule has 1 aliphatic rings. The van der Waals surface area contributed by atoms with E-state index >= 15 is 0 Å². The fourth-order valence-corrected chi connectivity index (χ4v) is 3.49. The lowest BCUT2D eigenvalue weighted by Gasteiger charge is -2.36. The topological polar surface area (TPSA) is 176 Å². The number of ether oxygens (including phenoxy) is 8. The van der Waals surface area contributed by atoms with Gasteiger partial charge in [0.2, 0.25) is 0 Å². The number of hydrogen-bond acceptors (Lipinski definition) is 14. The predicted molar refractivity (Wildman–Crippen MR) is 110 cm³/mol. The van der Waals surface area contributed by atoms with E-state index < -0.39 is 78.7 Å². The van der Waals surface area contributed by atoms with Crippen molar-refractivity contribution in [1.82, 2.24) is 0 Å². The summed E-state index contributed by atoms with van der Waals surface area (Å²) in [6, 6.07) is 0. The van der Waals surface area contributed by atoms with Crippen LogP contribution in [0.15, 0.2) is 0 Å². The van der Waals surface area contributed by atoms with Gasteiger partial charge in [-0.05, 0) is 0 Å². The number of methoxy groups -OCH3 is 2. The van der Waals surface area contributed by atoms with Crippen LogP contribution in [-0.4, -0.2) is 92.9 Å². The lowest BCUT2D eigenvalue weighted by atomic mass is 9.97. The van der Waals surface area contributed by atoms with Crippen molar-refractivity contribution in [3.63, 3.8) is 0 Å². The maximum absolute atomic E-state index is 12.5. The smallest absolute Gasteiger partial charge is 0.366 e. The second-order valence-corrected chi connectivity index (χ2v) is 7.48. The highest BCUT2D eigenvalue weighted by atomic mass is 16.8. The normalized spacial score (nSPS) is 23.7. The highest BCUT2D eigenvalue weighted by molar-refractivity contribution is 5.78. The van der Waals surface area contributed by atoms with Gasteiger partial charge in [0, 0.05) is 41.7 Å². The van der Waals surface area contributed by atoms with Crippen molar-refractivity contribution in [2.45, 2.75) is 77.3 Å². The highest BCUT2D eigenvalue weighted by Crippen LogP contribution is 2.38. The lowest BCUT2D eigenvalue weighted by molar-refractivity contribution is -0.250. The molecule has 14 nitrogen and oxygen atoms in total. The van der Waals surface area contributed by atoms with Crippen molar-refractivity contribution < 1.29 is 66.7 Å². The Morgan fingerprint density at radius 3 is 1.83 bits per heavy atom. The SMILES string of the molecule is COC(=O)C1(OC)C[C@@H](OC(C)=O)C([C@@H](OC(C)=O)[C@H](OC(C)=O)[C@@H](COC(C)=O)OC(C)=O)O1. The Hall–Kier alpha value is -3.26. The Labute approximate surface area is 201 Å². The van der Waals surface area contributed by atoms with E-state index in [0.717, 1.165) is 48.8 Å². The summed E-state index contributed by atoms with van der Waals surface area (Å²) in [5, 5.41) is 0. The zero-order chi connectivity index (χ0) is 26.9. The second-order valence-electron chi connectivity index (χ2n) is 7.48. The molecule has 0 aromatic rings. The van der Waals surface area contributed by atoms with Gasteiger partial charge >= 0.3 is 35.8 Å². The number of carbonyl (C=O) groups excluding carboxylic acids is 6. The molecular formula is C21H30O14. The van der Waals surface area contributed by atoms with E-state index in [-0.39, 0.29) is 6.42 Å². The third kappa shape index (κ3) is 8.47. The largest absolute Gasteiger partial charge is 0.465 e. The molecule has 0 N–H and O–H groups in total. The third-order valence-corrected chi connectivity index (χ3v) is 4.69. The van der Waals surface area contributed by atoms with Crippen molar-refractivity contribution >= 4 is 35.8 Å². The lowest BCUT2D eigenvalue weighted by Crippen LogP contribution is -2.55. The van der Waals surface area contributed by atoms with Gasteiger partial charge in [-0.15, -0.1) is 0 Å². The fourth-order valence-electron chi connectivity index (χ4n) is 3.49. The molecular weight excluding hydrogens is 476 g/mol. The minimum Gasteiger partial charge on any atom is -0.465 e. The molecule has 0 bridgehead atoms. The molecule has 14 heteroatoms. The Balaban J connectivity index is 3.62. The first-order valence-corrected chi connectivity index (χ1v) is 10.4. The molecule has 0 aromatic heterocycles. The molecule has 0 aromatic carbocycles. The van der Waals surface area contributed by atoms with E-state index in [1.807, 2.05) is 0 Å². The van der Waals surface area contributed by atoms with E-state index in [4.69, 9.17) is 37.9 Å². The van der Waals surface area contributed by atoms with E-state index in [1.54, 1.807) is 0 Å². The molecule has 198 valence electrons. The van der Waals surface area contributed by atoms with Gasteiger partial charge in [0.1, 0.15) is 18.8 Å². The van der Waals surface area contributed by atoms with Crippen LogP contribution in [0.4, 0.5) is 0 Å². The van der Waals surface area contributed by atoms with Gasteiger partial charge < -0.3 is 37.9 Å². The predicted octanol–water partition coefficient (Wildman–Crippen LogP) is -0.419. The number of hydrogen-bond donors (Lipinski definition) is 0. The first-order chi connectivity index (χ1) is 16.3. The molecule has 1 fully saturated rings. The maximum atomic E-state index is 12.5. The molecule has 1 heterocycles. The molecule has 35 heavy (non-hydrogen) atoms. The zero-order valence-electron chi connectivity index (χ0n) is 20.5. The summed E-state index contributed by atoms with van der Waals surface area (Å²) in [6.45, 7) is 4.70. The number of carbonyl (C=O) groups is 6. The molecule has 6 atom stereocenters. The van der Waals surface area contributed by atoms with Crippen molar-refractivity contribution in [2.75, 3.05) is 20.8 Å². The molecule has 1 saturated heterocycles. The monoisotopic (exact) mass is 506 g/mol. The summed E-state index contributed by atoms with van der Waals surface area (Å²) >= 11 is 0. The van der Waals surface area contributed by atoms with Gasteiger partial charge in [0.15, 0.2) is 18.3 Å². The summed E-state index contributed by atoms with van der Waals surface area (Å²) in [5.41, 5.74) is 0. The molecule has 0 aliphatic carbocycles. The molecule has 1 aliphatic heterocycles. The standard InChI is InChI=1S/C21H30O14/c1-10(22)30-9-16(32-12(3)24)17(33-13(4)25)19(34-14(5)26)18-15(31-11(2)23)8-21(29-7,35-18)20(27)28-6/h15-19H,8-9H2,1-7H3/t15-,16-,17-,18?,19+,21?/m1/s1. The summed E-state index contributed by atoms with van der Waals surface area (Å²) in [4.78, 5) is 71.3. The van der Waals surface area contributed by atoms with E-state index in [0.29, 0.717) is 0 Å². The average Bonchev–Trinajstić information content (AvgIpc) is 3.11. The molecule has 0 spiro atoms. The molecule has 0 radical (unpaired) electrons. The molecule has 0 amide bonds. The Morgan fingerprint density at radius 2 is 1.40 bits per heavy atom. The summed E-state index contributed by atoms with van der Waals surface area (Å²) < 4.78 is 41.8. The Morgan fingerprint density at radius 1 is 0.829 bits per heavy atom. The van der Waals surface area contributed by atoms with Gasteiger partial charge in [0.05, 0.1) is 13.5 Å². The first-order valence-electron chi connectivity index (χ1n) is 10.4. The van der Waals surface area contributed by atoms with Crippen LogP contribution in [0.25, 0.3) is 0 Å². The summed E-state index contributed by atoms with van der Waals surface area (Å²) in [5.74, 6) is -7.20. The highest BCUT2D eigenvalue weighted by Gasteiger charge is 2.60. The zero-order valence-corrected chi connectivity index (χ0v) is 20.5. The van der Waals surface area contributed by atoms with Gasteiger partial charge in [-0.25, -0.2) is 4.79 Å². The first kappa shape index (κ1) is 29.8. The van der Waals surface area contributed by atoms with Gasteiger partial charge in [-0.2, -0.15) is 0 Å².